The van der Waals surface area contributed by atoms with E-state index in [2.05, 4.69) is 0 Å². The Morgan fingerprint density at radius 3 is 0.896 bits per heavy atom. The lowest BCUT2D eigenvalue weighted by Gasteiger charge is -2.33. The maximum Gasteiger partial charge on any atom is 0.373 e. The summed E-state index contributed by atoms with van der Waals surface area (Å²) in [4.78, 5) is 66.4. The van der Waals surface area contributed by atoms with Gasteiger partial charge >= 0.3 is 11.9 Å². The molecule has 0 aliphatic rings. The smallest absolute Gasteiger partial charge is 0.292 e. The summed E-state index contributed by atoms with van der Waals surface area (Å²) in [5.41, 5.74) is -2.00. The SMILES string of the molecule is CC(C)(C)OOC(C)(C)CCC(C)(C)OOC(C)(C)C.CC(C)(CCC(C)(C)OOC(=O)c1ccccc1)OOC(=O)c1ccccc1. The quantitative estimate of drug-likeness (QED) is 0.126. The molecule has 0 amide bonds. The molecule has 0 aliphatic heterocycles. The molecule has 0 atom stereocenters. The maximum atomic E-state index is 12.0. The van der Waals surface area contributed by atoms with Crippen LogP contribution in [0.15, 0.2) is 60.7 Å². The van der Waals surface area contributed by atoms with Gasteiger partial charge in [0, 0.05) is 0 Å². The van der Waals surface area contributed by atoms with Gasteiger partial charge in [0.15, 0.2) is 0 Å². The molecule has 0 aliphatic carbocycles. The largest absolute Gasteiger partial charge is 0.373 e. The fraction of sp³-hybridized carbons (Fsp3) is 0.632. The van der Waals surface area contributed by atoms with Crippen LogP contribution in [0.3, 0.4) is 0 Å². The maximum absolute atomic E-state index is 12.0. The van der Waals surface area contributed by atoms with E-state index >= 15 is 0 Å². The highest BCUT2D eigenvalue weighted by molar-refractivity contribution is 5.89. The Hall–Kier alpha value is -2.86. The molecule has 0 saturated heterocycles. The van der Waals surface area contributed by atoms with Crippen LogP contribution in [-0.4, -0.2) is 45.5 Å². The van der Waals surface area contributed by atoms with Crippen LogP contribution >= 0.6 is 0 Å². The molecule has 10 nitrogen and oxygen atoms in total. The van der Waals surface area contributed by atoms with Gasteiger partial charge < -0.3 is 0 Å². The third-order valence-electron chi connectivity index (χ3n) is 6.40. The molecule has 2 aromatic carbocycles. The van der Waals surface area contributed by atoms with Crippen LogP contribution in [0.25, 0.3) is 0 Å². The van der Waals surface area contributed by atoms with Gasteiger partial charge in [-0.2, -0.15) is 9.78 Å². The molecule has 0 radical (unpaired) electrons. The zero-order chi connectivity index (χ0) is 36.9. The molecule has 48 heavy (non-hydrogen) atoms. The first-order valence-electron chi connectivity index (χ1n) is 16.4. The zero-order valence-corrected chi connectivity index (χ0v) is 31.7. The third kappa shape index (κ3) is 20.5. The number of carbonyl (C=O) groups is 2. The molecule has 0 heterocycles. The Kier molecular flexibility index (Phi) is 16.4. The summed E-state index contributed by atoms with van der Waals surface area (Å²) in [5.74, 6) is -1.11. The van der Waals surface area contributed by atoms with E-state index < -0.39 is 23.1 Å². The van der Waals surface area contributed by atoms with Gasteiger partial charge in [-0.1, -0.05) is 36.4 Å². The number of carbonyl (C=O) groups excluding carboxylic acids is 2. The van der Waals surface area contributed by atoms with Gasteiger partial charge in [0.05, 0.1) is 33.5 Å². The molecular formula is C38H60O10. The number of hydrogen-bond donors (Lipinski definition) is 0. The van der Waals surface area contributed by atoms with Crippen LogP contribution in [0.5, 0.6) is 0 Å². The first-order chi connectivity index (χ1) is 21.8. The topological polar surface area (TPSA) is 108 Å². The molecule has 0 unspecified atom stereocenters. The first kappa shape index (κ1) is 43.2. The van der Waals surface area contributed by atoms with E-state index in [0.29, 0.717) is 24.0 Å². The summed E-state index contributed by atoms with van der Waals surface area (Å²) in [6.07, 6.45) is 2.63. The molecule has 0 fully saturated rings. The van der Waals surface area contributed by atoms with Crippen LogP contribution in [0.4, 0.5) is 0 Å². The molecular weight excluding hydrogens is 616 g/mol. The summed E-state index contributed by atoms with van der Waals surface area (Å²) in [6, 6.07) is 17.2. The van der Waals surface area contributed by atoms with Crippen LogP contribution in [0.1, 0.15) is 143 Å². The van der Waals surface area contributed by atoms with Gasteiger partial charge in [-0.3, -0.25) is 9.78 Å². The molecule has 2 aromatic rings. The van der Waals surface area contributed by atoms with Crippen molar-refractivity contribution in [2.75, 3.05) is 0 Å². The predicted molar refractivity (Wildman–Crippen MR) is 185 cm³/mol. The highest BCUT2D eigenvalue weighted by Gasteiger charge is 2.31. The van der Waals surface area contributed by atoms with Crippen LogP contribution in [0, 0.1) is 0 Å². The van der Waals surface area contributed by atoms with Crippen molar-refractivity contribution in [2.45, 2.75) is 156 Å². The average Bonchev–Trinajstić information content (AvgIpc) is 3.00. The molecule has 0 aromatic heterocycles. The summed E-state index contributed by atoms with van der Waals surface area (Å²) >= 11 is 0. The lowest BCUT2D eigenvalue weighted by Crippen LogP contribution is -2.35. The Balaban J connectivity index is 0.000000511. The minimum Gasteiger partial charge on any atom is -0.292 e. The molecule has 0 N–H and O–H groups in total. The summed E-state index contributed by atoms with van der Waals surface area (Å²) in [6.45, 7) is 27.1. The molecule has 0 spiro atoms. The number of hydrogen-bond acceptors (Lipinski definition) is 10. The Labute approximate surface area is 288 Å². The van der Waals surface area contributed by atoms with Gasteiger partial charge in [0.1, 0.15) is 11.2 Å². The Morgan fingerprint density at radius 2 is 0.646 bits per heavy atom. The lowest BCUT2D eigenvalue weighted by atomic mass is 9.94. The van der Waals surface area contributed by atoms with Crippen molar-refractivity contribution in [1.82, 2.24) is 0 Å². The zero-order valence-electron chi connectivity index (χ0n) is 31.7. The monoisotopic (exact) mass is 676 g/mol. The highest BCUT2D eigenvalue weighted by atomic mass is 17.2. The van der Waals surface area contributed by atoms with Gasteiger partial charge in [-0.15, -0.1) is 0 Å². The van der Waals surface area contributed by atoms with Crippen LogP contribution < -0.4 is 0 Å². The average molecular weight is 677 g/mol. The third-order valence-corrected chi connectivity index (χ3v) is 6.40. The van der Waals surface area contributed by atoms with Crippen LogP contribution in [0.2, 0.25) is 0 Å². The van der Waals surface area contributed by atoms with E-state index in [1.165, 1.54) is 0 Å². The van der Waals surface area contributed by atoms with Crippen molar-refractivity contribution >= 4 is 11.9 Å². The van der Waals surface area contributed by atoms with E-state index in [9.17, 15) is 9.59 Å². The van der Waals surface area contributed by atoms with Gasteiger partial charge in [0.2, 0.25) is 0 Å². The second-order valence-corrected chi connectivity index (χ2v) is 16.2. The van der Waals surface area contributed by atoms with Crippen molar-refractivity contribution in [1.29, 1.82) is 0 Å². The molecule has 0 bridgehead atoms. The van der Waals surface area contributed by atoms with Crippen molar-refractivity contribution in [3.05, 3.63) is 71.8 Å². The summed E-state index contributed by atoms with van der Waals surface area (Å²) in [7, 11) is 0. The van der Waals surface area contributed by atoms with E-state index in [1.807, 2.05) is 81.4 Å². The fourth-order valence-corrected chi connectivity index (χ4v) is 3.39. The molecule has 0 saturated carbocycles. The second-order valence-electron chi connectivity index (χ2n) is 16.2. The Morgan fingerprint density at radius 1 is 0.396 bits per heavy atom. The minimum absolute atomic E-state index is 0.307. The molecule has 2 rings (SSSR count). The van der Waals surface area contributed by atoms with Crippen molar-refractivity contribution in [3.63, 3.8) is 0 Å². The van der Waals surface area contributed by atoms with Gasteiger partial charge in [0.25, 0.3) is 0 Å². The van der Waals surface area contributed by atoms with Crippen LogP contribution in [-0.2, 0) is 39.1 Å². The molecule has 10 heteroatoms. The van der Waals surface area contributed by atoms with E-state index in [1.54, 1.807) is 76.2 Å². The van der Waals surface area contributed by atoms with Gasteiger partial charge in [-0.25, -0.2) is 29.1 Å². The van der Waals surface area contributed by atoms with Gasteiger partial charge in [-0.05, 0) is 147 Å². The second kappa shape index (κ2) is 18.2. The number of rotatable bonds is 16. The normalized spacial score (nSPS) is 13.0. The number of benzene rings is 2. The predicted octanol–water partition coefficient (Wildman–Crippen LogP) is 9.72. The Bertz CT molecular complexity index is 1130. The summed E-state index contributed by atoms with van der Waals surface area (Å²) < 4.78 is 0. The molecule has 272 valence electrons. The standard InChI is InChI=1S/C22H26O6.C16H34O4/c1-21(2,27-25-19(23)17-11-7-5-8-12-17)15-16-22(3,4)28-26-20(24)18-13-9-6-10-14-18;1-13(2,3)17-19-15(7,8)11-12-16(9,10)20-18-14(4,5)6/h5-14H,15-16H2,1-4H3;11-12H2,1-10H3. The minimum atomic E-state index is -0.742. The van der Waals surface area contributed by atoms with Crippen molar-refractivity contribution in [3.8, 4) is 0 Å². The van der Waals surface area contributed by atoms with Crippen molar-refractivity contribution in [2.24, 2.45) is 0 Å². The van der Waals surface area contributed by atoms with E-state index in [-0.39, 0.29) is 22.4 Å². The summed E-state index contributed by atoms with van der Waals surface area (Å²) in [5, 5.41) is 0. The highest BCUT2D eigenvalue weighted by Crippen LogP contribution is 2.28. The van der Waals surface area contributed by atoms with E-state index in [0.717, 1.165) is 12.8 Å². The van der Waals surface area contributed by atoms with E-state index in [4.69, 9.17) is 39.1 Å². The fourth-order valence-electron chi connectivity index (χ4n) is 3.39. The van der Waals surface area contributed by atoms with Crippen molar-refractivity contribution < 1.29 is 48.7 Å². The first-order valence-corrected chi connectivity index (χ1v) is 16.4. The lowest BCUT2D eigenvalue weighted by molar-refractivity contribution is -0.410.